The number of aliphatic hydroxyl groups is 1. The van der Waals surface area contributed by atoms with Crippen molar-refractivity contribution in [3.63, 3.8) is 0 Å². The molecule has 0 radical (unpaired) electrons. The van der Waals surface area contributed by atoms with Crippen LogP contribution < -0.4 is 0 Å². The van der Waals surface area contributed by atoms with Crippen molar-refractivity contribution < 1.29 is 14.6 Å². The Bertz CT molecular complexity index is 507. The molecule has 134 valence electrons. The van der Waals surface area contributed by atoms with Crippen molar-refractivity contribution in [2.75, 3.05) is 26.2 Å². The number of hydrogen-bond acceptors (Lipinski definition) is 4. The number of rotatable bonds is 8. The lowest BCUT2D eigenvalue weighted by atomic mass is 9.81. The smallest absolute Gasteiger partial charge is 0.339 e. The van der Waals surface area contributed by atoms with E-state index in [2.05, 4.69) is 24.8 Å². The van der Waals surface area contributed by atoms with E-state index in [0.29, 0.717) is 19.1 Å². The summed E-state index contributed by atoms with van der Waals surface area (Å²) in [7, 11) is 0. The van der Waals surface area contributed by atoms with Crippen molar-refractivity contribution >= 4 is 5.97 Å². The van der Waals surface area contributed by atoms with Gasteiger partial charge in [-0.25, -0.2) is 4.79 Å². The first-order valence-corrected chi connectivity index (χ1v) is 9.33. The predicted molar refractivity (Wildman–Crippen MR) is 96.0 cm³/mol. The van der Waals surface area contributed by atoms with E-state index in [1.807, 2.05) is 18.2 Å². The molecule has 0 saturated heterocycles. The first-order valence-electron chi connectivity index (χ1n) is 9.33. The fourth-order valence-electron chi connectivity index (χ4n) is 3.57. The van der Waals surface area contributed by atoms with Crippen LogP contribution in [0.3, 0.4) is 0 Å². The Morgan fingerprint density at radius 1 is 1.21 bits per heavy atom. The van der Waals surface area contributed by atoms with E-state index >= 15 is 0 Å². The molecule has 24 heavy (non-hydrogen) atoms. The summed E-state index contributed by atoms with van der Waals surface area (Å²) in [5, 5.41) is 10.5. The van der Waals surface area contributed by atoms with Crippen molar-refractivity contribution in [1.82, 2.24) is 4.90 Å². The average molecular weight is 333 g/mol. The third kappa shape index (κ3) is 5.05. The molecular weight excluding hydrogens is 302 g/mol. The lowest BCUT2D eigenvalue weighted by Gasteiger charge is -2.25. The van der Waals surface area contributed by atoms with Gasteiger partial charge in [0.2, 0.25) is 0 Å². The Morgan fingerprint density at radius 2 is 1.88 bits per heavy atom. The molecule has 0 amide bonds. The second-order valence-corrected chi connectivity index (χ2v) is 6.56. The molecule has 1 saturated carbocycles. The molecule has 1 unspecified atom stereocenters. The summed E-state index contributed by atoms with van der Waals surface area (Å²) in [6, 6.07) is 7.79. The number of nitrogens with zero attached hydrogens (tertiary/aromatic N) is 1. The monoisotopic (exact) mass is 333 g/mol. The van der Waals surface area contributed by atoms with E-state index in [-0.39, 0.29) is 0 Å². The number of carbonyl (C=O) groups is 1. The Labute approximate surface area is 145 Å². The van der Waals surface area contributed by atoms with Crippen LogP contribution in [-0.2, 0) is 9.53 Å². The summed E-state index contributed by atoms with van der Waals surface area (Å²) in [4.78, 5) is 14.4. The highest BCUT2D eigenvalue weighted by atomic mass is 16.5. The first-order chi connectivity index (χ1) is 11.7. The number of likely N-dealkylation sites (N-methyl/N-ethyl adjacent to an activating group) is 1. The quantitative estimate of drug-likeness (QED) is 0.738. The van der Waals surface area contributed by atoms with Gasteiger partial charge in [-0.1, -0.05) is 57.4 Å². The van der Waals surface area contributed by atoms with Crippen molar-refractivity contribution in [2.24, 2.45) is 0 Å². The molecule has 0 heterocycles. The Morgan fingerprint density at radius 3 is 2.54 bits per heavy atom. The molecule has 2 rings (SSSR count). The standard InChI is InChI=1S/C20H31NO3/c1-3-21(4-2)14-15-24-20(23)19(22)18-13-9-8-12-17(18)16-10-6-5-7-11-16/h8-9,12-13,16,19,22H,3-7,10-11,14-15H2,1-2H3. The van der Waals surface area contributed by atoms with Gasteiger partial charge in [-0.15, -0.1) is 0 Å². The Balaban J connectivity index is 1.98. The molecule has 1 atom stereocenters. The van der Waals surface area contributed by atoms with Crippen LogP contribution in [0.1, 0.15) is 69.1 Å². The van der Waals surface area contributed by atoms with Crippen LogP contribution in [-0.4, -0.2) is 42.2 Å². The predicted octanol–water partition coefficient (Wildman–Crippen LogP) is 3.65. The lowest BCUT2D eigenvalue weighted by Crippen LogP contribution is -2.29. The number of ether oxygens (including phenoxy) is 1. The number of aliphatic hydroxyl groups excluding tert-OH is 1. The van der Waals surface area contributed by atoms with Gasteiger partial charge in [-0.05, 0) is 43.0 Å². The van der Waals surface area contributed by atoms with Crippen LogP contribution in [0.15, 0.2) is 24.3 Å². The van der Waals surface area contributed by atoms with E-state index in [9.17, 15) is 9.90 Å². The van der Waals surface area contributed by atoms with Gasteiger partial charge in [-0.3, -0.25) is 0 Å². The number of hydrogen-bond donors (Lipinski definition) is 1. The van der Waals surface area contributed by atoms with Gasteiger partial charge >= 0.3 is 5.97 Å². The van der Waals surface area contributed by atoms with Gasteiger partial charge in [-0.2, -0.15) is 0 Å². The SMILES string of the molecule is CCN(CC)CCOC(=O)C(O)c1ccccc1C1CCCCC1. The molecule has 1 aliphatic carbocycles. The molecule has 0 spiro atoms. The van der Waals surface area contributed by atoms with Crippen LogP contribution >= 0.6 is 0 Å². The highest BCUT2D eigenvalue weighted by molar-refractivity contribution is 5.76. The van der Waals surface area contributed by atoms with Gasteiger partial charge < -0.3 is 14.7 Å². The third-order valence-electron chi connectivity index (χ3n) is 5.11. The van der Waals surface area contributed by atoms with Gasteiger partial charge in [0.15, 0.2) is 6.10 Å². The summed E-state index contributed by atoms with van der Waals surface area (Å²) in [5.74, 6) is -0.0847. The molecule has 0 aliphatic heterocycles. The van der Waals surface area contributed by atoms with Gasteiger partial charge in [0.1, 0.15) is 6.61 Å². The molecule has 4 heteroatoms. The van der Waals surface area contributed by atoms with E-state index in [0.717, 1.165) is 37.1 Å². The molecule has 1 aliphatic rings. The molecule has 1 N–H and O–H groups in total. The zero-order valence-electron chi connectivity index (χ0n) is 15.0. The van der Waals surface area contributed by atoms with E-state index in [1.54, 1.807) is 0 Å². The fraction of sp³-hybridized carbons (Fsp3) is 0.650. The molecule has 1 aromatic carbocycles. The summed E-state index contributed by atoms with van der Waals surface area (Å²) in [5.41, 5.74) is 1.84. The summed E-state index contributed by atoms with van der Waals surface area (Å²) in [6.45, 7) is 7.06. The van der Waals surface area contributed by atoms with E-state index in [1.165, 1.54) is 19.3 Å². The largest absolute Gasteiger partial charge is 0.462 e. The van der Waals surface area contributed by atoms with Crippen molar-refractivity contribution in [1.29, 1.82) is 0 Å². The van der Waals surface area contributed by atoms with Crippen molar-refractivity contribution in [3.05, 3.63) is 35.4 Å². The van der Waals surface area contributed by atoms with Gasteiger partial charge in [0, 0.05) is 6.54 Å². The molecule has 0 bridgehead atoms. The first kappa shape index (κ1) is 18.9. The summed E-state index contributed by atoms with van der Waals surface area (Å²) in [6.07, 6.45) is 4.84. The summed E-state index contributed by atoms with van der Waals surface area (Å²) < 4.78 is 5.30. The topological polar surface area (TPSA) is 49.8 Å². The third-order valence-corrected chi connectivity index (χ3v) is 5.11. The lowest BCUT2D eigenvalue weighted by molar-refractivity contribution is -0.154. The van der Waals surface area contributed by atoms with Gasteiger partial charge in [0.05, 0.1) is 0 Å². The highest BCUT2D eigenvalue weighted by Crippen LogP contribution is 2.36. The second-order valence-electron chi connectivity index (χ2n) is 6.56. The molecular formula is C20H31NO3. The minimum absolute atomic E-state index is 0.323. The van der Waals surface area contributed by atoms with Crippen LogP contribution in [0.25, 0.3) is 0 Å². The van der Waals surface area contributed by atoms with Crippen LogP contribution in [0, 0.1) is 0 Å². The normalized spacial score (nSPS) is 17.0. The minimum atomic E-state index is -1.18. The van der Waals surface area contributed by atoms with E-state index in [4.69, 9.17) is 4.74 Å². The average Bonchev–Trinajstić information content (AvgIpc) is 2.65. The Kier molecular flexibility index (Phi) is 7.73. The second kappa shape index (κ2) is 9.80. The molecule has 4 nitrogen and oxygen atoms in total. The van der Waals surface area contributed by atoms with Crippen molar-refractivity contribution in [2.45, 2.75) is 58.0 Å². The van der Waals surface area contributed by atoms with Crippen LogP contribution in [0.4, 0.5) is 0 Å². The van der Waals surface area contributed by atoms with Crippen molar-refractivity contribution in [3.8, 4) is 0 Å². The number of benzene rings is 1. The highest BCUT2D eigenvalue weighted by Gasteiger charge is 2.26. The maximum Gasteiger partial charge on any atom is 0.339 e. The zero-order chi connectivity index (χ0) is 17.4. The zero-order valence-corrected chi connectivity index (χ0v) is 15.0. The fourth-order valence-corrected chi connectivity index (χ4v) is 3.57. The number of esters is 1. The van der Waals surface area contributed by atoms with Gasteiger partial charge in [0.25, 0.3) is 0 Å². The van der Waals surface area contributed by atoms with E-state index < -0.39 is 12.1 Å². The molecule has 1 aromatic rings. The molecule has 0 aromatic heterocycles. The molecule has 1 fully saturated rings. The summed E-state index contributed by atoms with van der Waals surface area (Å²) >= 11 is 0. The van der Waals surface area contributed by atoms with Crippen LogP contribution in [0.5, 0.6) is 0 Å². The maximum absolute atomic E-state index is 12.2. The number of carbonyl (C=O) groups excluding carboxylic acids is 1. The minimum Gasteiger partial charge on any atom is -0.462 e. The Hall–Kier alpha value is -1.39. The van der Waals surface area contributed by atoms with Crippen LogP contribution in [0.2, 0.25) is 0 Å². The maximum atomic E-state index is 12.2.